The minimum atomic E-state index is -4.78. The van der Waals surface area contributed by atoms with Crippen LogP contribution < -0.4 is 10.1 Å². The summed E-state index contributed by atoms with van der Waals surface area (Å²) < 4.78 is 42.4. The minimum Gasteiger partial charge on any atom is -0.406 e. The van der Waals surface area contributed by atoms with Gasteiger partial charge in [-0.1, -0.05) is 0 Å². The summed E-state index contributed by atoms with van der Waals surface area (Å²) in [4.78, 5) is 26.2. The van der Waals surface area contributed by atoms with Crippen LogP contribution in [0, 0.1) is 13.8 Å². The summed E-state index contributed by atoms with van der Waals surface area (Å²) in [6, 6.07) is 6.77. The summed E-state index contributed by atoms with van der Waals surface area (Å²) in [6.07, 6.45) is -4.78. The summed E-state index contributed by atoms with van der Waals surface area (Å²) in [7, 11) is 1.52. The first-order valence-corrected chi connectivity index (χ1v) is 8.98. The number of ether oxygens (including phenoxy) is 1. The normalized spacial score (nSPS) is 11.5. The fourth-order valence-electron chi connectivity index (χ4n) is 3.22. The number of nitrogens with zero attached hydrogens (tertiary/aromatic N) is 2. The van der Waals surface area contributed by atoms with Crippen LogP contribution in [0.25, 0.3) is 0 Å². The predicted molar refractivity (Wildman–Crippen MR) is 103 cm³/mol. The number of amides is 2. The van der Waals surface area contributed by atoms with E-state index < -0.39 is 12.3 Å². The van der Waals surface area contributed by atoms with Crippen molar-refractivity contribution in [2.24, 2.45) is 0 Å². The number of aromatic nitrogens is 1. The quantitative estimate of drug-likeness (QED) is 0.771. The molecular formula is C20H24F3N3O3. The van der Waals surface area contributed by atoms with Crippen molar-refractivity contribution in [3.63, 3.8) is 0 Å². The zero-order valence-electron chi connectivity index (χ0n) is 16.9. The third-order valence-electron chi connectivity index (χ3n) is 4.33. The molecule has 0 aliphatic carbocycles. The van der Waals surface area contributed by atoms with Gasteiger partial charge in [0.05, 0.1) is 12.1 Å². The number of rotatable bonds is 6. The van der Waals surface area contributed by atoms with Crippen LogP contribution in [-0.2, 0) is 4.79 Å². The molecule has 0 aliphatic rings. The first-order chi connectivity index (χ1) is 13.4. The highest BCUT2D eigenvalue weighted by Gasteiger charge is 2.31. The van der Waals surface area contributed by atoms with Crippen LogP contribution in [0.15, 0.2) is 30.3 Å². The van der Waals surface area contributed by atoms with Crippen LogP contribution in [0.4, 0.5) is 18.9 Å². The van der Waals surface area contributed by atoms with Gasteiger partial charge in [0.25, 0.3) is 5.91 Å². The van der Waals surface area contributed by atoms with Crippen molar-refractivity contribution >= 4 is 17.5 Å². The van der Waals surface area contributed by atoms with Crippen LogP contribution >= 0.6 is 0 Å². The van der Waals surface area contributed by atoms with Gasteiger partial charge in [0.1, 0.15) is 5.75 Å². The molecule has 0 saturated carbocycles. The van der Waals surface area contributed by atoms with E-state index in [4.69, 9.17) is 0 Å². The Bertz CT molecular complexity index is 887. The molecule has 9 heteroatoms. The highest BCUT2D eigenvalue weighted by atomic mass is 19.4. The average molecular weight is 411 g/mol. The lowest BCUT2D eigenvalue weighted by atomic mass is 10.2. The summed E-state index contributed by atoms with van der Waals surface area (Å²) in [6.45, 7) is 7.62. The van der Waals surface area contributed by atoms with E-state index in [9.17, 15) is 22.8 Å². The number of carbonyl (C=O) groups excluding carboxylic acids is 2. The molecule has 0 saturated heterocycles. The highest BCUT2D eigenvalue weighted by Crippen LogP contribution is 2.24. The zero-order valence-corrected chi connectivity index (χ0v) is 16.9. The average Bonchev–Trinajstić information content (AvgIpc) is 2.89. The Morgan fingerprint density at radius 3 is 2.24 bits per heavy atom. The molecule has 1 N–H and O–H groups in total. The summed E-state index contributed by atoms with van der Waals surface area (Å²) in [5, 5.41) is 2.54. The van der Waals surface area contributed by atoms with Crippen molar-refractivity contribution in [1.82, 2.24) is 9.47 Å². The van der Waals surface area contributed by atoms with Crippen LogP contribution in [0.1, 0.15) is 41.6 Å². The van der Waals surface area contributed by atoms with Crippen molar-refractivity contribution in [3.05, 3.63) is 47.3 Å². The van der Waals surface area contributed by atoms with Crippen molar-refractivity contribution in [1.29, 1.82) is 0 Å². The fraction of sp³-hybridized carbons (Fsp3) is 0.400. The minimum absolute atomic E-state index is 0.203. The van der Waals surface area contributed by atoms with E-state index >= 15 is 0 Å². The molecule has 2 rings (SSSR count). The highest BCUT2D eigenvalue weighted by molar-refractivity contribution is 6.00. The summed E-state index contributed by atoms with van der Waals surface area (Å²) in [5.41, 5.74) is 2.61. The second-order valence-electron chi connectivity index (χ2n) is 7.03. The molecule has 0 unspecified atom stereocenters. The standard InChI is InChI=1S/C20H24F3N3O3/c1-12(2)26-13(3)10-17(14(26)4)19(28)25(5)11-18(27)24-15-6-8-16(9-7-15)29-20(21,22)23/h6-10,12H,11H2,1-5H3,(H,24,27). The maximum atomic E-state index is 12.7. The maximum absolute atomic E-state index is 12.7. The fourth-order valence-corrected chi connectivity index (χ4v) is 3.22. The molecule has 0 fully saturated rings. The number of halogens is 3. The molecule has 0 atom stereocenters. The number of carbonyl (C=O) groups is 2. The number of benzene rings is 1. The largest absolute Gasteiger partial charge is 0.573 e. The van der Waals surface area contributed by atoms with Gasteiger partial charge in [0.2, 0.25) is 5.91 Å². The molecule has 0 bridgehead atoms. The number of hydrogen-bond donors (Lipinski definition) is 1. The first-order valence-electron chi connectivity index (χ1n) is 8.98. The topological polar surface area (TPSA) is 63.6 Å². The van der Waals surface area contributed by atoms with E-state index in [1.165, 1.54) is 24.1 Å². The molecule has 29 heavy (non-hydrogen) atoms. The van der Waals surface area contributed by atoms with Gasteiger partial charge in [-0.3, -0.25) is 9.59 Å². The lowest BCUT2D eigenvalue weighted by molar-refractivity contribution is -0.274. The lowest BCUT2D eigenvalue weighted by Crippen LogP contribution is -2.35. The van der Waals surface area contributed by atoms with Crippen LogP contribution in [-0.4, -0.2) is 41.2 Å². The van der Waals surface area contributed by atoms with Crippen molar-refractivity contribution in [3.8, 4) is 5.75 Å². The molecule has 0 spiro atoms. The number of hydrogen-bond acceptors (Lipinski definition) is 3. The molecule has 2 aromatic rings. The number of likely N-dealkylation sites (N-methyl/N-ethyl adjacent to an activating group) is 1. The Kier molecular flexibility index (Phi) is 6.61. The SMILES string of the molecule is Cc1cc(C(=O)N(C)CC(=O)Nc2ccc(OC(F)(F)F)cc2)c(C)n1C(C)C. The van der Waals surface area contributed by atoms with E-state index in [-0.39, 0.29) is 24.2 Å². The molecule has 0 radical (unpaired) electrons. The number of alkyl halides is 3. The summed E-state index contributed by atoms with van der Waals surface area (Å²) >= 11 is 0. The monoisotopic (exact) mass is 411 g/mol. The smallest absolute Gasteiger partial charge is 0.406 e. The molecule has 6 nitrogen and oxygen atoms in total. The zero-order chi connectivity index (χ0) is 21.9. The van der Waals surface area contributed by atoms with Gasteiger partial charge in [0.15, 0.2) is 0 Å². The van der Waals surface area contributed by atoms with E-state index in [2.05, 4.69) is 10.1 Å². The van der Waals surface area contributed by atoms with Crippen molar-refractivity contribution in [2.45, 2.75) is 40.1 Å². The van der Waals surface area contributed by atoms with Gasteiger partial charge >= 0.3 is 6.36 Å². The molecule has 1 aromatic carbocycles. The van der Waals surface area contributed by atoms with Crippen LogP contribution in [0.2, 0.25) is 0 Å². The number of nitrogens with one attached hydrogen (secondary N) is 1. The molecule has 1 aromatic heterocycles. The third kappa shape index (κ3) is 5.75. The number of anilines is 1. The molecule has 1 heterocycles. The van der Waals surface area contributed by atoms with E-state index in [0.29, 0.717) is 11.3 Å². The summed E-state index contributed by atoms with van der Waals surface area (Å²) in [5.74, 6) is -1.14. The molecule has 0 aliphatic heterocycles. The molecule has 158 valence electrons. The Morgan fingerprint density at radius 2 is 1.76 bits per heavy atom. The first kappa shape index (κ1) is 22.3. The molecule has 2 amide bonds. The van der Waals surface area contributed by atoms with Gasteiger partial charge in [-0.2, -0.15) is 0 Å². The van der Waals surface area contributed by atoms with Gasteiger partial charge in [-0.05, 0) is 58.0 Å². The predicted octanol–water partition coefficient (Wildman–Crippen LogP) is 4.30. The van der Waals surface area contributed by atoms with E-state index in [1.54, 1.807) is 6.07 Å². The van der Waals surface area contributed by atoms with Crippen molar-refractivity contribution in [2.75, 3.05) is 18.9 Å². The van der Waals surface area contributed by atoms with E-state index in [1.807, 2.05) is 32.3 Å². The van der Waals surface area contributed by atoms with Crippen LogP contribution in [0.5, 0.6) is 5.75 Å². The maximum Gasteiger partial charge on any atom is 0.573 e. The second kappa shape index (κ2) is 8.59. The Morgan fingerprint density at radius 1 is 1.17 bits per heavy atom. The van der Waals surface area contributed by atoms with Gasteiger partial charge in [0, 0.05) is 30.2 Å². The van der Waals surface area contributed by atoms with E-state index in [0.717, 1.165) is 23.5 Å². The van der Waals surface area contributed by atoms with Crippen molar-refractivity contribution < 1.29 is 27.5 Å². The Labute approximate surface area is 167 Å². The van der Waals surface area contributed by atoms with Gasteiger partial charge in [-0.25, -0.2) is 0 Å². The lowest BCUT2D eigenvalue weighted by Gasteiger charge is -2.18. The Hall–Kier alpha value is -2.97. The number of aryl methyl sites for hydroxylation is 1. The Balaban J connectivity index is 2.00. The third-order valence-corrected chi connectivity index (χ3v) is 4.33. The molecular weight excluding hydrogens is 387 g/mol. The van der Waals surface area contributed by atoms with Gasteiger partial charge < -0.3 is 19.5 Å². The van der Waals surface area contributed by atoms with Crippen LogP contribution in [0.3, 0.4) is 0 Å². The second-order valence-corrected chi connectivity index (χ2v) is 7.03. The van der Waals surface area contributed by atoms with Gasteiger partial charge in [-0.15, -0.1) is 13.2 Å².